The normalized spacial score (nSPS) is 13.8. The summed E-state index contributed by atoms with van der Waals surface area (Å²) in [7, 11) is 1.48. The first-order valence-corrected chi connectivity index (χ1v) is 35.5. The first kappa shape index (κ1) is 78.9. The van der Waals surface area contributed by atoms with Crippen LogP contribution in [0.5, 0.6) is 0 Å². The lowest BCUT2D eigenvalue weighted by atomic mass is 10.0. The van der Waals surface area contributed by atoms with Gasteiger partial charge in [0.1, 0.15) is 19.8 Å². The van der Waals surface area contributed by atoms with E-state index in [-0.39, 0.29) is 32.0 Å². The summed E-state index contributed by atoms with van der Waals surface area (Å²) in [5.41, 5.74) is 0. The Labute approximate surface area is 506 Å². The van der Waals surface area contributed by atoms with Crippen LogP contribution in [0.2, 0.25) is 0 Å². The standard InChI is InChI=1S/C72H128NO8P/c1-6-8-10-12-14-16-18-20-22-24-26-28-30-32-34-36-38-40-42-44-46-48-50-52-54-56-58-60-62-64-71(74)78-68-70(69-80-82(76,77)79-67-66-73(3,4)5)81-72(75)65-63-61-59-57-55-53-51-49-47-45-43-41-39-37-35-33-31-29-27-25-23-21-19-17-15-13-11-9-7-2/h8-11,14-17,20-23,26-29,70H,6-7,12-13,18-19,24-25,30-69H2,1-5H3/p+1/b10-8-,11-9-,16-14-,17-15-,22-20-,23-21-,28-26-,29-27-. The number of likely N-dealkylation sites (N-methyl/N-ethyl adjacent to an activating group) is 1. The van der Waals surface area contributed by atoms with Crippen LogP contribution in [0.15, 0.2) is 97.2 Å². The first-order chi connectivity index (χ1) is 40.0. The minimum absolute atomic E-state index is 0.0299. The third-order valence-electron chi connectivity index (χ3n) is 14.6. The van der Waals surface area contributed by atoms with Crippen molar-refractivity contribution in [2.45, 2.75) is 302 Å². The highest BCUT2D eigenvalue weighted by Gasteiger charge is 2.27. The summed E-state index contributed by atoms with van der Waals surface area (Å²) in [6, 6.07) is 0. The zero-order valence-electron chi connectivity index (χ0n) is 54.0. The summed E-state index contributed by atoms with van der Waals surface area (Å²) in [4.78, 5) is 35.9. The molecule has 0 saturated heterocycles. The van der Waals surface area contributed by atoms with Crippen LogP contribution >= 0.6 is 7.82 Å². The average Bonchev–Trinajstić information content (AvgIpc) is 3.44. The molecule has 10 heteroatoms. The highest BCUT2D eigenvalue weighted by molar-refractivity contribution is 7.47. The molecule has 0 saturated carbocycles. The first-order valence-electron chi connectivity index (χ1n) is 34.0. The molecule has 0 radical (unpaired) electrons. The molecule has 0 fully saturated rings. The molecule has 0 spiro atoms. The maximum Gasteiger partial charge on any atom is 0.472 e. The molecule has 0 rings (SSSR count). The molecule has 0 aromatic rings. The number of esters is 2. The largest absolute Gasteiger partial charge is 0.472 e. The molecule has 2 atom stereocenters. The van der Waals surface area contributed by atoms with Gasteiger partial charge < -0.3 is 18.9 Å². The molecule has 0 aliphatic heterocycles. The van der Waals surface area contributed by atoms with E-state index in [0.717, 1.165) is 83.5 Å². The minimum Gasteiger partial charge on any atom is -0.462 e. The number of allylic oxidation sites excluding steroid dienone is 16. The highest BCUT2D eigenvalue weighted by Crippen LogP contribution is 2.43. The van der Waals surface area contributed by atoms with Crippen LogP contribution in [0.25, 0.3) is 0 Å². The fourth-order valence-corrected chi connectivity index (χ4v) is 10.2. The number of carbonyl (C=O) groups excluding carboxylic acids is 2. The van der Waals surface area contributed by atoms with Gasteiger partial charge in [-0.25, -0.2) is 4.57 Å². The van der Waals surface area contributed by atoms with Gasteiger partial charge in [-0.3, -0.25) is 18.6 Å². The summed E-state index contributed by atoms with van der Waals surface area (Å²) < 4.78 is 34.7. The van der Waals surface area contributed by atoms with Crippen LogP contribution < -0.4 is 0 Å². The molecule has 0 aromatic heterocycles. The molecule has 0 amide bonds. The molecule has 82 heavy (non-hydrogen) atoms. The van der Waals surface area contributed by atoms with Crippen molar-refractivity contribution in [1.82, 2.24) is 0 Å². The Morgan fingerprint density at radius 3 is 0.976 bits per heavy atom. The van der Waals surface area contributed by atoms with Crippen LogP contribution in [-0.2, 0) is 32.7 Å². The Morgan fingerprint density at radius 1 is 0.378 bits per heavy atom. The van der Waals surface area contributed by atoms with Gasteiger partial charge in [-0.05, 0) is 89.9 Å². The summed E-state index contributed by atoms with van der Waals surface area (Å²) in [5, 5.41) is 0. The lowest BCUT2D eigenvalue weighted by Gasteiger charge is -2.24. The van der Waals surface area contributed by atoms with Crippen molar-refractivity contribution in [2.75, 3.05) is 47.5 Å². The number of phosphoric acid groups is 1. The summed E-state index contributed by atoms with van der Waals surface area (Å²) in [6.07, 6.45) is 86.4. The van der Waals surface area contributed by atoms with Crippen molar-refractivity contribution >= 4 is 19.8 Å². The third-order valence-corrected chi connectivity index (χ3v) is 15.6. The fraction of sp³-hybridized carbons (Fsp3) is 0.750. The Kier molecular flexibility index (Phi) is 60.1. The number of nitrogens with zero attached hydrogens (tertiary/aromatic N) is 1. The Morgan fingerprint density at radius 2 is 0.659 bits per heavy atom. The maximum absolute atomic E-state index is 12.9. The van der Waals surface area contributed by atoms with Gasteiger partial charge in [0, 0.05) is 12.8 Å². The predicted octanol–water partition coefficient (Wildman–Crippen LogP) is 21.9. The van der Waals surface area contributed by atoms with E-state index in [1.807, 2.05) is 21.1 Å². The van der Waals surface area contributed by atoms with E-state index >= 15 is 0 Å². The van der Waals surface area contributed by atoms with Crippen molar-refractivity contribution < 1.29 is 42.1 Å². The van der Waals surface area contributed by atoms with Crippen LogP contribution in [-0.4, -0.2) is 74.9 Å². The van der Waals surface area contributed by atoms with Crippen molar-refractivity contribution in [3.63, 3.8) is 0 Å². The Balaban J connectivity index is 4.05. The smallest absolute Gasteiger partial charge is 0.462 e. The number of quaternary nitrogens is 1. The number of rotatable bonds is 62. The van der Waals surface area contributed by atoms with Gasteiger partial charge in [0.25, 0.3) is 0 Å². The van der Waals surface area contributed by atoms with E-state index in [1.165, 1.54) is 180 Å². The van der Waals surface area contributed by atoms with Crippen LogP contribution in [0, 0.1) is 0 Å². The molecule has 0 aliphatic carbocycles. The quantitative estimate of drug-likeness (QED) is 0.0211. The van der Waals surface area contributed by atoms with E-state index in [2.05, 4.69) is 111 Å². The average molecular weight is 1170 g/mol. The number of hydrogen-bond donors (Lipinski definition) is 1. The summed E-state index contributed by atoms with van der Waals surface area (Å²) in [6.45, 7) is 4.24. The van der Waals surface area contributed by atoms with E-state index < -0.39 is 26.5 Å². The molecule has 474 valence electrons. The lowest BCUT2D eigenvalue weighted by Crippen LogP contribution is -2.37. The zero-order valence-corrected chi connectivity index (χ0v) is 54.8. The molecule has 2 unspecified atom stereocenters. The maximum atomic E-state index is 12.9. The van der Waals surface area contributed by atoms with Crippen molar-refractivity contribution in [3.8, 4) is 0 Å². The van der Waals surface area contributed by atoms with Crippen LogP contribution in [0.1, 0.15) is 296 Å². The monoisotopic (exact) mass is 1170 g/mol. The molecule has 0 bridgehead atoms. The van der Waals surface area contributed by atoms with Crippen molar-refractivity contribution in [2.24, 2.45) is 0 Å². The van der Waals surface area contributed by atoms with E-state index in [0.29, 0.717) is 17.4 Å². The second kappa shape index (κ2) is 62.5. The van der Waals surface area contributed by atoms with E-state index in [4.69, 9.17) is 18.5 Å². The zero-order chi connectivity index (χ0) is 59.8. The predicted molar refractivity (Wildman–Crippen MR) is 353 cm³/mol. The molecule has 0 aliphatic rings. The molecule has 9 nitrogen and oxygen atoms in total. The summed E-state index contributed by atoms with van der Waals surface area (Å²) in [5.74, 6) is -0.789. The van der Waals surface area contributed by atoms with Gasteiger partial charge in [-0.2, -0.15) is 0 Å². The van der Waals surface area contributed by atoms with E-state index in [1.54, 1.807) is 0 Å². The van der Waals surface area contributed by atoms with E-state index in [9.17, 15) is 19.0 Å². The second-order valence-corrected chi connectivity index (χ2v) is 25.3. The lowest BCUT2D eigenvalue weighted by molar-refractivity contribution is -0.870. The molecule has 1 N–H and O–H groups in total. The number of unbranched alkanes of at least 4 members (excludes halogenated alkanes) is 32. The summed E-state index contributed by atoms with van der Waals surface area (Å²) >= 11 is 0. The number of ether oxygens (including phenoxy) is 2. The SMILES string of the molecule is CC/C=C\C/C=C\C/C=C\C/C=C\CCCCCCCCCCCCCCCCCCC(=O)OCC(COP(=O)(O)OCC[N+](C)(C)C)OC(=O)CCCCCCCCCCCCCCCCCC/C=C\C/C=C\C/C=C\C/C=C\CC. The third kappa shape index (κ3) is 66.1. The highest BCUT2D eigenvalue weighted by atomic mass is 31.2. The Bertz CT molecular complexity index is 1710. The number of phosphoric ester groups is 1. The van der Waals surface area contributed by atoms with Crippen LogP contribution in [0.4, 0.5) is 0 Å². The number of carbonyl (C=O) groups is 2. The van der Waals surface area contributed by atoms with Crippen molar-refractivity contribution in [1.29, 1.82) is 0 Å². The van der Waals surface area contributed by atoms with Gasteiger partial charge in [0.15, 0.2) is 6.10 Å². The fourth-order valence-electron chi connectivity index (χ4n) is 9.47. The van der Waals surface area contributed by atoms with Gasteiger partial charge in [-0.1, -0.05) is 291 Å². The van der Waals surface area contributed by atoms with Crippen molar-refractivity contribution in [3.05, 3.63) is 97.2 Å². The molecule has 0 heterocycles. The minimum atomic E-state index is -4.39. The number of hydrogen-bond acceptors (Lipinski definition) is 7. The van der Waals surface area contributed by atoms with Gasteiger partial charge in [-0.15, -0.1) is 0 Å². The van der Waals surface area contributed by atoms with Gasteiger partial charge >= 0.3 is 19.8 Å². The van der Waals surface area contributed by atoms with Gasteiger partial charge in [0.05, 0.1) is 27.7 Å². The topological polar surface area (TPSA) is 108 Å². The molecule has 0 aromatic carbocycles. The molecular weight excluding hydrogens is 1040 g/mol. The van der Waals surface area contributed by atoms with Crippen LogP contribution in [0.3, 0.4) is 0 Å². The molecular formula is C72H129NO8P+. The van der Waals surface area contributed by atoms with Gasteiger partial charge in [0.2, 0.25) is 0 Å². The second-order valence-electron chi connectivity index (χ2n) is 23.8. The Hall–Kier alpha value is -3.07.